The van der Waals surface area contributed by atoms with E-state index < -0.39 is 10.0 Å². The van der Waals surface area contributed by atoms with Gasteiger partial charge >= 0.3 is 0 Å². The molecule has 2 aromatic heterocycles. The van der Waals surface area contributed by atoms with Gasteiger partial charge < -0.3 is 14.4 Å². The molecule has 0 spiro atoms. The first-order chi connectivity index (χ1) is 13.9. The van der Waals surface area contributed by atoms with Gasteiger partial charge in [-0.1, -0.05) is 5.16 Å². The lowest BCUT2D eigenvalue weighted by molar-refractivity contribution is -0.126. The molecule has 4 rings (SSSR count). The Morgan fingerprint density at radius 2 is 2.00 bits per heavy atom. The summed E-state index contributed by atoms with van der Waals surface area (Å²) in [5.74, 6) is 1.16. The van der Waals surface area contributed by atoms with Gasteiger partial charge in [0.1, 0.15) is 16.4 Å². The van der Waals surface area contributed by atoms with Crippen LogP contribution in [0.15, 0.2) is 15.6 Å². The third-order valence-corrected chi connectivity index (χ3v) is 7.94. The van der Waals surface area contributed by atoms with Crippen molar-refractivity contribution in [3.05, 3.63) is 29.2 Å². The van der Waals surface area contributed by atoms with Crippen LogP contribution in [0.3, 0.4) is 0 Å². The monoisotopic (exact) mass is 421 g/mol. The number of piperidine rings is 1. The number of hydrogen-bond donors (Lipinski definition) is 1. The zero-order chi connectivity index (χ0) is 20.6. The van der Waals surface area contributed by atoms with Crippen molar-refractivity contribution in [2.45, 2.75) is 63.9 Å². The Morgan fingerprint density at radius 3 is 2.66 bits per heavy atom. The molecule has 2 aliphatic rings. The van der Waals surface area contributed by atoms with Crippen molar-refractivity contribution in [1.29, 1.82) is 0 Å². The summed E-state index contributed by atoms with van der Waals surface area (Å²) in [4.78, 5) is 17.3. The van der Waals surface area contributed by atoms with Gasteiger partial charge in [-0.2, -0.15) is 4.31 Å². The molecule has 0 radical (unpaired) electrons. The zero-order valence-corrected chi connectivity index (χ0v) is 17.7. The van der Waals surface area contributed by atoms with Crippen LogP contribution in [0.4, 0.5) is 0 Å². The van der Waals surface area contributed by atoms with Crippen molar-refractivity contribution < 1.29 is 17.7 Å². The lowest BCUT2D eigenvalue weighted by Gasteiger charge is -2.30. The minimum absolute atomic E-state index is 0.0367. The number of amides is 1. The molecule has 2 aliphatic heterocycles. The Bertz CT molecular complexity index is 959. The summed E-state index contributed by atoms with van der Waals surface area (Å²) in [5.41, 5.74) is 1.25. The van der Waals surface area contributed by atoms with Crippen LogP contribution in [0, 0.1) is 19.8 Å². The third kappa shape index (κ3) is 3.95. The summed E-state index contributed by atoms with van der Waals surface area (Å²) < 4.78 is 34.4. The number of nitrogens with zero attached hydrogens (tertiary/aromatic N) is 4. The molecule has 158 valence electrons. The molecule has 1 saturated heterocycles. The summed E-state index contributed by atoms with van der Waals surface area (Å²) in [6, 6.07) is 0. The van der Waals surface area contributed by atoms with E-state index >= 15 is 0 Å². The molecule has 0 bridgehead atoms. The van der Waals surface area contributed by atoms with E-state index in [1.54, 1.807) is 13.8 Å². The fourth-order valence-corrected chi connectivity index (χ4v) is 5.97. The highest BCUT2D eigenvalue weighted by Crippen LogP contribution is 2.27. The Hall–Kier alpha value is -2.20. The number of aryl methyl sites for hydroxylation is 4. The first-order valence-electron chi connectivity index (χ1n) is 10.1. The van der Waals surface area contributed by atoms with E-state index in [1.165, 1.54) is 10.7 Å². The normalized spacial score (nSPS) is 18.6. The van der Waals surface area contributed by atoms with E-state index in [0.29, 0.717) is 43.9 Å². The van der Waals surface area contributed by atoms with Gasteiger partial charge in [-0.15, -0.1) is 0 Å². The topological polar surface area (TPSA) is 110 Å². The van der Waals surface area contributed by atoms with Crippen molar-refractivity contribution in [2.24, 2.45) is 5.92 Å². The van der Waals surface area contributed by atoms with Gasteiger partial charge in [0.25, 0.3) is 0 Å². The standard InChI is InChI=1S/C19H27N5O4S/c1-13-18(14(2)28-22-13)29(26,27)24-9-6-15(7-10-24)19(25)20-11-16-12-23-8-4-3-5-17(23)21-16/h12,15H,3-11H2,1-2H3,(H,20,25). The van der Waals surface area contributed by atoms with E-state index in [2.05, 4.69) is 20.0 Å². The first kappa shape index (κ1) is 20.1. The molecule has 1 N–H and O–H groups in total. The molecule has 4 heterocycles. The Labute approximate surface area is 170 Å². The Balaban J connectivity index is 1.32. The van der Waals surface area contributed by atoms with Crippen molar-refractivity contribution in [3.8, 4) is 0 Å². The van der Waals surface area contributed by atoms with Crippen LogP contribution < -0.4 is 5.32 Å². The summed E-state index contributed by atoms with van der Waals surface area (Å²) in [5, 5.41) is 6.71. The molecular weight excluding hydrogens is 394 g/mol. The maximum atomic E-state index is 12.9. The molecule has 0 atom stereocenters. The molecule has 2 aromatic rings. The van der Waals surface area contributed by atoms with E-state index in [0.717, 1.165) is 30.9 Å². The highest BCUT2D eigenvalue weighted by atomic mass is 32.2. The fourth-order valence-electron chi connectivity index (χ4n) is 4.21. The number of imidazole rings is 1. The van der Waals surface area contributed by atoms with Crippen LogP contribution in [-0.2, 0) is 34.3 Å². The second-order valence-electron chi connectivity index (χ2n) is 7.85. The lowest BCUT2D eigenvalue weighted by Crippen LogP contribution is -2.43. The number of aromatic nitrogens is 3. The summed E-state index contributed by atoms with van der Waals surface area (Å²) >= 11 is 0. The van der Waals surface area contributed by atoms with E-state index in [9.17, 15) is 13.2 Å². The van der Waals surface area contributed by atoms with Crippen LogP contribution in [0.2, 0.25) is 0 Å². The first-order valence-corrected chi connectivity index (χ1v) is 11.6. The fraction of sp³-hybridized carbons (Fsp3) is 0.632. The molecule has 9 nitrogen and oxygen atoms in total. The van der Waals surface area contributed by atoms with Crippen LogP contribution >= 0.6 is 0 Å². The second-order valence-corrected chi connectivity index (χ2v) is 9.72. The third-order valence-electron chi connectivity index (χ3n) is 5.79. The van der Waals surface area contributed by atoms with Gasteiger partial charge in [0, 0.05) is 38.2 Å². The average Bonchev–Trinajstić information content (AvgIpc) is 3.28. The molecule has 0 aromatic carbocycles. The number of sulfonamides is 1. The lowest BCUT2D eigenvalue weighted by atomic mass is 9.97. The van der Waals surface area contributed by atoms with Gasteiger partial charge in [-0.25, -0.2) is 13.4 Å². The van der Waals surface area contributed by atoms with Crippen molar-refractivity contribution >= 4 is 15.9 Å². The van der Waals surface area contributed by atoms with Gasteiger partial charge in [0.15, 0.2) is 5.76 Å². The van der Waals surface area contributed by atoms with Crippen molar-refractivity contribution in [3.63, 3.8) is 0 Å². The number of rotatable bonds is 5. The van der Waals surface area contributed by atoms with Gasteiger partial charge in [0.05, 0.1) is 12.2 Å². The van der Waals surface area contributed by atoms with Crippen LogP contribution in [-0.4, -0.2) is 46.4 Å². The summed E-state index contributed by atoms with van der Waals surface area (Å²) in [6.45, 7) is 5.25. The molecule has 1 fully saturated rings. The maximum absolute atomic E-state index is 12.9. The Kier molecular flexibility index (Phi) is 5.48. The molecule has 1 amide bonds. The highest BCUT2D eigenvalue weighted by Gasteiger charge is 2.35. The Morgan fingerprint density at radius 1 is 1.24 bits per heavy atom. The zero-order valence-electron chi connectivity index (χ0n) is 16.8. The maximum Gasteiger partial charge on any atom is 0.248 e. The molecule has 0 saturated carbocycles. The average molecular weight is 422 g/mol. The number of nitrogens with one attached hydrogen (secondary N) is 1. The summed E-state index contributed by atoms with van der Waals surface area (Å²) in [6.07, 6.45) is 6.34. The smallest absolute Gasteiger partial charge is 0.248 e. The number of carbonyl (C=O) groups is 1. The van der Waals surface area contributed by atoms with E-state index in [1.807, 2.05) is 6.20 Å². The molecule has 0 unspecified atom stereocenters. The molecule has 29 heavy (non-hydrogen) atoms. The van der Waals surface area contributed by atoms with Gasteiger partial charge in [-0.05, 0) is 39.5 Å². The van der Waals surface area contributed by atoms with E-state index in [-0.39, 0.29) is 16.7 Å². The second kappa shape index (κ2) is 7.91. The van der Waals surface area contributed by atoms with Gasteiger partial charge in [0.2, 0.25) is 15.9 Å². The van der Waals surface area contributed by atoms with Crippen LogP contribution in [0.25, 0.3) is 0 Å². The van der Waals surface area contributed by atoms with Gasteiger partial charge in [-0.3, -0.25) is 4.79 Å². The highest BCUT2D eigenvalue weighted by molar-refractivity contribution is 7.89. The van der Waals surface area contributed by atoms with Crippen LogP contribution in [0.5, 0.6) is 0 Å². The van der Waals surface area contributed by atoms with E-state index in [4.69, 9.17) is 4.52 Å². The molecule has 0 aliphatic carbocycles. The number of hydrogen-bond acceptors (Lipinski definition) is 6. The minimum Gasteiger partial charge on any atom is -0.360 e. The number of carbonyl (C=O) groups excluding carboxylic acids is 1. The number of fused-ring (bicyclic) bond motifs is 1. The predicted octanol–water partition coefficient (Wildman–Crippen LogP) is 1.54. The molecule has 10 heteroatoms. The van der Waals surface area contributed by atoms with Crippen LogP contribution in [0.1, 0.15) is 48.7 Å². The largest absolute Gasteiger partial charge is 0.360 e. The van der Waals surface area contributed by atoms with Crippen molar-refractivity contribution in [1.82, 2.24) is 24.3 Å². The SMILES string of the molecule is Cc1noc(C)c1S(=O)(=O)N1CCC(C(=O)NCc2cn3c(n2)CCCC3)CC1. The van der Waals surface area contributed by atoms with Crippen molar-refractivity contribution in [2.75, 3.05) is 13.1 Å². The molecular formula is C19H27N5O4S. The quantitative estimate of drug-likeness (QED) is 0.784. The minimum atomic E-state index is -3.65. The summed E-state index contributed by atoms with van der Waals surface area (Å²) in [7, 11) is -3.65. The predicted molar refractivity (Wildman–Crippen MR) is 104 cm³/mol.